The number of hydrogen-bond acceptors (Lipinski definition) is 6. The highest BCUT2D eigenvalue weighted by atomic mass is 32.1. The molecule has 1 N–H and O–H groups in total. The van der Waals surface area contributed by atoms with Crippen LogP contribution in [0.25, 0.3) is 10.6 Å². The van der Waals surface area contributed by atoms with Crippen LogP contribution < -0.4 is 5.32 Å². The smallest absolute Gasteiger partial charge is 0.273 e. The van der Waals surface area contributed by atoms with Gasteiger partial charge in [-0.1, -0.05) is 46.9 Å². The SMILES string of the molecule is O=C(NCc1nnc(-c2ccccc2)s1)c1cn([C@@H]2C[C@@H]2C(F)F)nn1. The van der Waals surface area contributed by atoms with Gasteiger partial charge in [0.25, 0.3) is 5.91 Å². The van der Waals surface area contributed by atoms with Gasteiger partial charge in [-0.3, -0.25) is 4.79 Å². The highest BCUT2D eigenvalue weighted by Crippen LogP contribution is 2.46. The lowest BCUT2D eigenvalue weighted by Gasteiger charge is -1.99. The summed E-state index contributed by atoms with van der Waals surface area (Å²) in [7, 11) is 0. The molecule has 1 aromatic carbocycles. The zero-order valence-corrected chi connectivity index (χ0v) is 14.2. The molecule has 26 heavy (non-hydrogen) atoms. The second-order valence-corrected chi connectivity index (χ2v) is 7.00. The van der Waals surface area contributed by atoms with Gasteiger partial charge in [0.1, 0.15) is 10.0 Å². The summed E-state index contributed by atoms with van der Waals surface area (Å²) >= 11 is 1.39. The molecule has 134 valence electrons. The van der Waals surface area contributed by atoms with E-state index in [9.17, 15) is 13.6 Å². The number of rotatable bonds is 6. The minimum atomic E-state index is -2.38. The number of amides is 1. The predicted octanol–water partition coefficient (Wildman–Crippen LogP) is 2.55. The number of nitrogens with zero attached hydrogens (tertiary/aromatic N) is 5. The van der Waals surface area contributed by atoms with E-state index in [0.29, 0.717) is 11.4 Å². The van der Waals surface area contributed by atoms with Crippen LogP contribution in [0, 0.1) is 5.92 Å². The molecule has 0 aliphatic heterocycles. The summed E-state index contributed by atoms with van der Waals surface area (Å²) in [6.07, 6.45) is -0.620. The third kappa shape index (κ3) is 3.45. The number of carbonyl (C=O) groups is 1. The monoisotopic (exact) mass is 376 g/mol. The summed E-state index contributed by atoms with van der Waals surface area (Å²) in [6.45, 7) is 0.208. The molecule has 0 unspecified atom stereocenters. The number of alkyl halides is 2. The summed E-state index contributed by atoms with van der Waals surface area (Å²) in [5.74, 6) is -1.13. The third-order valence-electron chi connectivity index (χ3n) is 4.10. The van der Waals surface area contributed by atoms with Gasteiger partial charge in [0, 0.05) is 11.5 Å². The molecule has 1 fully saturated rings. The highest BCUT2D eigenvalue weighted by Gasteiger charge is 2.46. The summed E-state index contributed by atoms with van der Waals surface area (Å²) in [6, 6.07) is 9.25. The number of halogens is 2. The molecule has 0 bridgehead atoms. The Balaban J connectivity index is 1.35. The van der Waals surface area contributed by atoms with Gasteiger partial charge in [-0.25, -0.2) is 13.5 Å². The summed E-state index contributed by atoms with van der Waals surface area (Å²) < 4.78 is 26.5. The van der Waals surface area contributed by atoms with E-state index in [1.54, 1.807) is 0 Å². The van der Waals surface area contributed by atoms with Crippen molar-refractivity contribution in [1.82, 2.24) is 30.5 Å². The van der Waals surface area contributed by atoms with Crippen LogP contribution in [0.1, 0.15) is 28.0 Å². The Morgan fingerprint density at radius 1 is 1.27 bits per heavy atom. The van der Waals surface area contributed by atoms with Gasteiger partial charge >= 0.3 is 0 Å². The molecule has 1 amide bonds. The first kappa shape index (κ1) is 16.7. The van der Waals surface area contributed by atoms with E-state index in [0.717, 1.165) is 10.6 Å². The molecule has 1 aliphatic rings. The summed E-state index contributed by atoms with van der Waals surface area (Å²) in [5.41, 5.74) is 1.06. The molecule has 0 spiro atoms. The average molecular weight is 376 g/mol. The van der Waals surface area contributed by atoms with E-state index >= 15 is 0 Å². The van der Waals surface area contributed by atoms with Gasteiger partial charge in [0.05, 0.1) is 18.8 Å². The van der Waals surface area contributed by atoms with E-state index in [-0.39, 0.29) is 18.3 Å². The van der Waals surface area contributed by atoms with Crippen LogP contribution in [0.5, 0.6) is 0 Å². The lowest BCUT2D eigenvalue weighted by molar-refractivity contribution is 0.0945. The molecule has 4 rings (SSSR count). The Morgan fingerprint density at radius 3 is 2.81 bits per heavy atom. The number of nitrogens with one attached hydrogen (secondary N) is 1. The first-order valence-corrected chi connectivity index (χ1v) is 8.79. The van der Waals surface area contributed by atoms with Crippen molar-refractivity contribution in [1.29, 1.82) is 0 Å². The third-order valence-corrected chi connectivity index (χ3v) is 5.07. The van der Waals surface area contributed by atoms with E-state index in [1.807, 2.05) is 30.3 Å². The fraction of sp³-hybridized carbons (Fsp3) is 0.312. The Morgan fingerprint density at radius 2 is 2.08 bits per heavy atom. The molecule has 1 aliphatic carbocycles. The quantitative estimate of drug-likeness (QED) is 0.715. The molecule has 0 radical (unpaired) electrons. The molecule has 2 aromatic heterocycles. The molecule has 10 heteroatoms. The number of aromatic nitrogens is 5. The lowest BCUT2D eigenvalue weighted by atomic mass is 10.2. The van der Waals surface area contributed by atoms with Crippen LogP contribution in [0.3, 0.4) is 0 Å². The van der Waals surface area contributed by atoms with Crippen molar-refractivity contribution in [2.45, 2.75) is 25.4 Å². The summed E-state index contributed by atoms with van der Waals surface area (Å²) in [5, 5.41) is 19.8. The fourth-order valence-electron chi connectivity index (χ4n) is 2.59. The van der Waals surface area contributed by atoms with E-state index in [2.05, 4.69) is 25.8 Å². The Labute approximate surface area is 151 Å². The standard InChI is InChI=1S/C16H14F2N6OS/c17-14(18)10-6-12(10)24-8-11(20-23-24)15(25)19-7-13-21-22-16(26-13)9-4-2-1-3-5-9/h1-5,8,10,12,14H,6-7H2,(H,19,25)/t10-,12+/m0/s1. The van der Waals surface area contributed by atoms with Crippen molar-refractivity contribution in [3.63, 3.8) is 0 Å². The fourth-order valence-corrected chi connectivity index (χ4v) is 3.37. The van der Waals surface area contributed by atoms with Crippen LogP contribution >= 0.6 is 11.3 Å². The molecule has 0 saturated heterocycles. The second-order valence-electron chi connectivity index (χ2n) is 5.93. The van der Waals surface area contributed by atoms with Crippen LogP contribution in [0.2, 0.25) is 0 Å². The second kappa shape index (κ2) is 6.87. The predicted molar refractivity (Wildman–Crippen MR) is 89.7 cm³/mol. The van der Waals surface area contributed by atoms with Gasteiger partial charge in [-0.05, 0) is 6.42 Å². The zero-order chi connectivity index (χ0) is 18.1. The van der Waals surface area contributed by atoms with Crippen LogP contribution in [-0.2, 0) is 6.54 Å². The van der Waals surface area contributed by atoms with Crippen LogP contribution in [0.15, 0.2) is 36.5 Å². The lowest BCUT2D eigenvalue weighted by Crippen LogP contribution is -2.23. The maximum absolute atomic E-state index is 12.6. The van der Waals surface area contributed by atoms with Crippen molar-refractivity contribution in [3.8, 4) is 10.6 Å². The van der Waals surface area contributed by atoms with Crippen LogP contribution in [-0.4, -0.2) is 37.5 Å². The van der Waals surface area contributed by atoms with Crippen LogP contribution in [0.4, 0.5) is 8.78 Å². The molecular formula is C16H14F2N6OS. The minimum Gasteiger partial charge on any atom is -0.344 e. The van der Waals surface area contributed by atoms with E-state index < -0.39 is 18.3 Å². The van der Waals surface area contributed by atoms with Gasteiger partial charge in [0.2, 0.25) is 6.43 Å². The molecule has 2 atom stereocenters. The highest BCUT2D eigenvalue weighted by molar-refractivity contribution is 7.14. The number of carbonyl (C=O) groups excluding carboxylic acids is 1. The van der Waals surface area contributed by atoms with Crippen molar-refractivity contribution in [2.75, 3.05) is 0 Å². The maximum Gasteiger partial charge on any atom is 0.273 e. The molecule has 2 heterocycles. The molecular weight excluding hydrogens is 362 g/mol. The maximum atomic E-state index is 12.6. The Hall–Kier alpha value is -2.75. The Bertz CT molecular complexity index is 912. The number of hydrogen-bond donors (Lipinski definition) is 1. The van der Waals surface area contributed by atoms with Crippen molar-refractivity contribution in [3.05, 3.63) is 47.2 Å². The first-order chi connectivity index (χ1) is 12.6. The molecule has 1 saturated carbocycles. The van der Waals surface area contributed by atoms with E-state index in [4.69, 9.17) is 0 Å². The summed E-state index contributed by atoms with van der Waals surface area (Å²) in [4.78, 5) is 12.1. The topological polar surface area (TPSA) is 85.6 Å². The normalized spacial score (nSPS) is 18.9. The van der Waals surface area contributed by atoms with Gasteiger partial charge in [-0.2, -0.15) is 0 Å². The van der Waals surface area contributed by atoms with Crippen molar-refractivity contribution in [2.24, 2.45) is 5.92 Å². The van der Waals surface area contributed by atoms with Gasteiger partial charge in [-0.15, -0.1) is 15.3 Å². The Kier molecular flexibility index (Phi) is 4.41. The van der Waals surface area contributed by atoms with Crippen molar-refractivity contribution < 1.29 is 13.6 Å². The minimum absolute atomic E-state index is 0.0951. The van der Waals surface area contributed by atoms with Gasteiger partial charge in [0.15, 0.2) is 5.69 Å². The molecule has 3 aromatic rings. The largest absolute Gasteiger partial charge is 0.344 e. The molecule has 7 nitrogen and oxygen atoms in total. The van der Waals surface area contributed by atoms with E-state index in [1.165, 1.54) is 22.2 Å². The first-order valence-electron chi connectivity index (χ1n) is 7.98. The number of benzene rings is 1. The van der Waals surface area contributed by atoms with Crippen molar-refractivity contribution >= 4 is 17.2 Å². The average Bonchev–Trinajstić information content (AvgIpc) is 3.08. The van der Waals surface area contributed by atoms with Gasteiger partial charge < -0.3 is 5.32 Å². The zero-order valence-electron chi connectivity index (χ0n) is 13.4.